The number of nitrogens with zero attached hydrogens (tertiary/aromatic N) is 1. The Kier molecular flexibility index (Phi) is 6.31. The van der Waals surface area contributed by atoms with E-state index in [2.05, 4.69) is 0 Å². The predicted molar refractivity (Wildman–Crippen MR) is 94.3 cm³/mol. The smallest absolute Gasteiger partial charge is 0.222 e. The van der Waals surface area contributed by atoms with Crippen LogP contribution in [0.5, 0.6) is 5.75 Å². The molecule has 0 fully saturated rings. The molecule has 0 unspecified atom stereocenters. The number of halogens is 2. The second-order valence-corrected chi connectivity index (χ2v) is 6.06. The number of carbonyl (C=O) groups is 1. The zero-order valence-corrected chi connectivity index (χ0v) is 14.7. The second-order valence-electron chi connectivity index (χ2n) is 5.27. The van der Waals surface area contributed by atoms with E-state index >= 15 is 0 Å². The number of amides is 1. The molecular formula is C18H19Cl2NO2. The minimum Gasteiger partial charge on any atom is -0.496 e. The van der Waals surface area contributed by atoms with Crippen molar-refractivity contribution in [1.29, 1.82) is 0 Å². The van der Waals surface area contributed by atoms with E-state index in [1.54, 1.807) is 25.1 Å². The van der Waals surface area contributed by atoms with Gasteiger partial charge in [0.1, 0.15) is 5.75 Å². The van der Waals surface area contributed by atoms with Crippen LogP contribution >= 0.6 is 23.2 Å². The van der Waals surface area contributed by atoms with Gasteiger partial charge in [0.25, 0.3) is 0 Å². The topological polar surface area (TPSA) is 29.5 Å². The summed E-state index contributed by atoms with van der Waals surface area (Å²) >= 11 is 12.1. The normalized spacial score (nSPS) is 10.4. The second kappa shape index (κ2) is 8.23. The third-order valence-corrected chi connectivity index (χ3v) is 4.52. The Balaban J connectivity index is 1.96. The van der Waals surface area contributed by atoms with Crippen molar-refractivity contribution in [1.82, 2.24) is 4.90 Å². The Hall–Kier alpha value is -1.71. The third-order valence-electron chi connectivity index (χ3n) is 3.67. The fourth-order valence-corrected chi connectivity index (χ4v) is 2.77. The maximum absolute atomic E-state index is 12.3. The molecule has 0 aliphatic carbocycles. The van der Waals surface area contributed by atoms with Crippen LogP contribution < -0.4 is 4.74 Å². The molecule has 0 radical (unpaired) electrons. The highest BCUT2D eigenvalue weighted by molar-refractivity contribution is 6.42. The molecule has 2 aromatic rings. The molecule has 23 heavy (non-hydrogen) atoms. The van der Waals surface area contributed by atoms with Crippen molar-refractivity contribution in [2.24, 2.45) is 0 Å². The van der Waals surface area contributed by atoms with Gasteiger partial charge in [0.15, 0.2) is 0 Å². The van der Waals surface area contributed by atoms with Crippen LogP contribution in [-0.4, -0.2) is 25.0 Å². The first-order valence-electron chi connectivity index (χ1n) is 7.31. The average molecular weight is 352 g/mol. The first-order chi connectivity index (χ1) is 11.0. The van der Waals surface area contributed by atoms with E-state index < -0.39 is 0 Å². The summed E-state index contributed by atoms with van der Waals surface area (Å²) in [5.41, 5.74) is 1.87. The Morgan fingerprint density at radius 1 is 1.09 bits per heavy atom. The summed E-state index contributed by atoms with van der Waals surface area (Å²) in [7, 11) is 3.41. The lowest BCUT2D eigenvalue weighted by atomic mass is 10.1. The fourth-order valence-electron chi connectivity index (χ4n) is 2.35. The van der Waals surface area contributed by atoms with Gasteiger partial charge >= 0.3 is 0 Å². The highest BCUT2D eigenvalue weighted by Crippen LogP contribution is 2.26. The van der Waals surface area contributed by atoms with Gasteiger partial charge in [-0.05, 0) is 24.1 Å². The van der Waals surface area contributed by atoms with Crippen LogP contribution in [0.1, 0.15) is 17.5 Å². The van der Waals surface area contributed by atoms with Crippen molar-refractivity contribution in [2.45, 2.75) is 19.4 Å². The van der Waals surface area contributed by atoms with E-state index in [1.165, 1.54) is 0 Å². The summed E-state index contributed by atoms with van der Waals surface area (Å²) in [6.07, 6.45) is 0.945. The molecule has 0 aliphatic rings. The van der Waals surface area contributed by atoms with E-state index in [0.29, 0.717) is 29.4 Å². The summed E-state index contributed by atoms with van der Waals surface area (Å²) < 4.78 is 5.31. The molecule has 3 nitrogen and oxygen atoms in total. The highest BCUT2D eigenvalue weighted by Gasteiger charge is 2.13. The van der Waals surface area contributed by atoms with Crippen LogP contribution in [-0.2, 0) is 17.8 Å². The van der Waals surface area contributed by atoms with Gasteiger partial charge < -0.3 is 9.64 Å². The van der Waals surface area contributed by atoms with Gasteiger partial charge in [-0.3, -0.25) is 4.79 Å². The van der Waals surface area contributed by atoms with Crippen molar-refractivity contribution < 1.29 is 9.53 Å². The van der Waals surface area contributed by atoms with Gasteiger partial charge in [0.2, 0.25) is 5.91 Å². The standard InChI is InChI=1S/C18H19Cl2NO2/c1-21(12-14-6-3-4-9-16(14)23-2)17(22)11-10-13-7-5-8-15(19)18(13)20/h3-9H,10-12H2,1-2H3. The molecule has 2 rings (SSSR count). The zero-order chi connectivity index (χ0) is 16.8. The summed E-state index contributed by atoms with van der Waals surface area (Å²) in [4.78, 5) is 14.0. The first kappa shape index (κ1) is 17.6. The van der Waals surface area contributed by atoms with E-state index in [9.17, 15) is 4.79 Å². The zero-order valence-electron chi connectivity index (χ0n) is 13.2. The molecule has 122 valence electrons. The van der Waals surface area contributed by atoms with Crippen molar-refractivity contribution in [3.05, 3.63) is 63.6 Å². The van der Waals surface area contributed by atoms with Crippen LogP contribution in [0.15, 0.2) is 42.5 Å². The molecule has 0 saturated heterocycles. The largest absolute Gasteiger partial charge is 0.496 e. The van der Waals surface area contributed by atoms with Crippen LogP contribution in [0.3, 0.4) is 0 Å². The van der Waals surface area contributed by atoms with E-state index in [0.717, 1.165) is 16.9 Å². The molecule has 0 bridgehead atoms. The van der Waals surface area contributed by atoms with Crippen LogP contribution in [0, 0.1) is 0 Å². The van der Waals surface area contributed by atoms with Crippen molar-refractivity contribution in [3.8, 4) is 5.75 Å². The van der Waals surface area contributed by atoms with Gasteiger partial charge in [0.05, 0.1) is 17.2 Å². The van der Waals surface area contributed by atoms with Gasteiger partial charge in [-0.25, -0.2) is 0 Å². The molecule has 0 aromatic heterocycles. The van der Waals surface area contributed by atoms with E-state index in [1.807, 2.05) is 36.4 Å². The quantitative estimate of drug-likeness (QED) is 0.761. The lowest BCUT2D eigenvalue weighted by Gasteiger charge is -2.19. The number of hydrogen-bond acceptors (Lipinski definition) is 2. The summed E-state index contributed by atoms with van der Waals surface area (Å²) in [6.45, 7) is 0.506. The molecule has 0 saturated carbocycles. The predicted octanol–water partition coefficient (Wildman–Crippen LogP) is 4.59. The third kappa shape index (κ3) is 4.63. The molecule has 0 aliphatic heterocycles. The van der Waals surface area contributed by atoms with Crippen LogP contribution in [0.25, 0.3) is 0 Å². The molecule has 0 atom stereocenters. The number of rotatable bonds is 6. The van der Waals surface area contributed by atoms with Crippen LogP contribution in [0.2, 0.25) is 10.0 Å². The van der Waals surface area contributed by atoms with Gasteiger partial charge in [-0.1, -0.05) is 53.5 Å². The highest BCUT2D eigenvalue weighted by atomic mass is 35.5. The molecular weight excluding hydrogens is 333 g/mol. The Bertz CT molecular complexity index is 688. The molecule has 0 N–H and O–H groups in total. The minimum atomic E-state index is 0.0481. The Morgan fingerprint density at radius 3 is 2.52 bits per heavy atom. The number of methoxy groups -OCH3 is 1. The lowest BCUT2D eigenvalue weighted by Crippen LogP contribution is -2.26. The number of carbonyl (C=O) groups excluding carboxylic acids is 1. The molecule has 5 heteroatoms. The Morgan fingerprint density at radius 2 is 1.78 bits per heavy atom. The van der Waals surface area contributed by atoms with Gasteiger partial charge in [-0.2, -0.15) is 0 Å². The molecule has 0 heterocycles. The van der Waals surface area contributed by atoms with Crippen molar-refractivity contribution in [3.63, 3.8) is 0 Å². The fraction of sp³-hybridized carbons (Fsp3) is 0.278. The number of para-hydroxylation sites is 1. The van der Waals surface area contributed by atoms with Crippen molar-refractivity contribution in [2.75, 3.05) is 14.2 Å². The van der Waals surface area contributed by atoms with Gasteiger partial charge in [-0.15, -0.1) is 0 Å². The molecule has 1 amide bonds. The number of aryl methyl sites for hydroxylation is 1. The minimum absolute atomic E-state index is 0.0481. The summed E-state index contributed by atoms with van der Waals surface area (Å²) in [5, 5.41) is 1.04. The summed E-state index contributed by atoms with van der Waals surface area (Å²) in [6, 6.07) is 13.2. The van der Waals surface area contributed by atoms with E-state index in [4.69, 9.17) is 27.9 Å². The van der Waals surface area contributed by atoms with Crippen molar-refractivity contribution >= 4 is 29.1 Å². The average Bonchev–Trinajstić information content (AvgIpc) is 2.56. The lowest BCUT2D eigenvalue weighted by molar-refractivity contribution is -0.130. The van der Waals surface area contributed by atoms with Crippen LogP contribution in [0.4, 0.5) is 0 Å². The summed E-state index contributed by atoms with van der Waals surface area (Å²) in [5.74, 6) is 0.831. The maximum Gasteiger partial charge on any atom is 0.222 e. The number of benzene rings is 2. The maximum atomic E-state index is 12.3. The van der Waals surface area contributed by atoms with E-state index in [-0.39, 0.29) is 5.91 Å². The SMILES string of the molecule is COc1ccccc1CN(C)C(=O)CCc1cccc(Cl)c1Cl. The molecule has 0 spiro atoms. The van der Waals surface area contributed by atoms with Gasteiger partial charge in [0, 0.05) is 25.6 Å². The number of ether oxygens (including phenoxy) is 1. The monoisotopic (exact) mass is 351 g/mol. The molecule has 2 aromatic carbocycles. The Labute approximate surface area is 146 Å². The number of hydrogen-bond donors (Lipinski definition) is 0. The first-order valence-corrected chi connectivity index (χ1v) is 8.07.